The maximum atomic E-state index is 3.60. The molecule has 0 bridgehead atoms. The van der Waals surface area contributed by atoms with Crippen molar-refractivity contribution in [2.45, 2.75) is 19.8 Å². The fourth-order valence-corrected chi connectivity index (χ4v) is 0. The van der Waals surface area contributed by atoms with Crippen LogP contribution in [0.15, 0.2) is 0 Å². The third-order valence-electron chi connectivity index (χ3n) is 0.354. The summed E-state index contributed by atoms with van der Waals surface area (Å²) in [5.74, 6) is 0. The van der Waals surface area contributed by atoms with Gasteiger partial charge in [-0.1, -0.05) is 13.3 Å². The van der Waals surface area contributed by atoms with Crippen LogP contribution in [0.25, 0.3) is 0 Å². The molecule has 7 heavy (non-hydrogen) atoms. The summed E-state index contributed by atoms with van der Waals surface area (Å²) in [5, 5.41) is 0. The predicted octanol–water partition coefficient (Wildman–Crippen LogP) is 1.38. The molecule has 0 heterocycles. The third kappa shape index (κ3) is 53.3. The molecule has 3 heteroatoms. The predicted molar refractivity (Wildman–Crippen MR) is 21.6 cm³/mol. The SMILES string of the molecule is [CH2-]CCC.[O-2].[O-2].[Ti+4]. The van der Waals surface area contributed by atoms with E-state index >= 15 is 0 Å². The van der Waals surface area contributed by atoms with Crippen LogP contribution in [-0.2, 0) is 32.7 Å². The van der Waals surface area contributed by atoms with Crippen LogP contribution in [0.2, 0.25) is 0 Å². The standard InChI is InChI=1S/C4H9.2O.Ti/c1-3-4-2;;;/h1,3-4H2,2H3;;;/q-1;2*-2;+4. The molecule has 0 saturated carbocycles. The number of rotatable bonds is 1. The molecule has 0 unspecified atom stereocenters. The summed E-state index contributed by atoms with van der Waals surface area (Å²) in [6, 6.07) is 0. The van der Waals surface area contributed by atoms with Gasteiger partial charge < -0.3 is 17.9 Å². The largest absolute Gasteiger partial charge is 4.00 e. The van der Waals surface area contributed by atoms with Crippen LogP contribution in [0.4, 0.5) is 0 Å². The van der Waals surface area contributed by atoms with Gasteiger partial charge in [-0.15, -0.1) is 0 Å². The average Bonchev–Trinajstić information content (AvgIpc) is 1.37. The number of hydrogen-bond acceptors (Lipinski definition) is 0. The van der Waals surface area contributed by atoms with Gasteiger partial charge in [0.15, 0.2) is 0 Å². The van der Waals surface area contributed by atoms with E-state index in [0.29, 0.717) is 0 Å². The van der Waals surface area contributed by atoms with Crippen LogP contribution in [0.3, 0.4) is 0 Å². The van der Waals surface area contributed by atoms with Crippen LogP contribution in [0.1, 0.15) is 19.8 Å². The van der Waals surface area contributed by atoms with Gasteiger partial charge in [0.25, 0.3) is 0 Å². The zero-order valence-corrected chi connectivity index (χ0v) is 6.00. The smallest absolute Gasteiger partial charge is 2.00 e. The molecule has 0 aliphatic rings. The Morgan fingerprint density at radius 2 is 1.43 bits per heavy atom. The van der Waals surface area contributed by atoms with Crippen molar-refractivity contribution < 1.29 is 32.7 Å². The normalized spacial score (nSPS) is 4.29. The third-order valence-corrected chi connectivity index (χ3v) is 0.354. The Balaban J connectivity index is -0.0000000150. The molecule has 0 aliphatic carbocycles. The first-order valence-corrected chi connectivity index (χ1v) is 1.71. The fourth-order valence-electron chi connectivity index (χ4n) is 0. The van der Waals surface area contributed by atoms with Crippen LogP contribution in [-0.4, -0.2) is 0 Å². The van der Waals surface area contributed by atoms with Crippen molar-refractivity contribution in [2.75, 3.05) is 0 Å². The molecular formula is C4H9O2Ti-. The molecule has 0 aromatic heterocycles. The van der Waals surface area contributed by atoms with Crippen molar-refractivity contribution in [3.63, 3.8) is 0 Å². The molecule has 0 aromatic carbocycles. The minimum Gasteiger partial charge on any atom is -2.00 e. The van der Waals surface area contributed by atoms with Crippen molar-refractivity contribution in [1.82, 2.24) is 0 Å². The maximum absolute atomic E-state index is 3.60. The van der Waals surface area contributed by atoms with Crippen LogP contribution in [0.5, 0.6) is 0 Å². The molecule has 0 amide bonds. The minimum absolute atomic E-state index is 0. The molecule has 0 atom stereocenters. The van der Waals surface area contributed by atoms with Crippen molar-refractivity contribution in [3.8, 4) is 0 Å². The van der Waals surface area contributed by atoms with E-state index in [2.05, 4.69) is 13.8 Å². The van der Waals surface area contributed by atoms with Crippen molar-refractivity contribution >= 4 is 0 Å². The Kier molecular flexibility index (Phi) is 110. The Hall–Kier alpha value is 0.634. The van der Waals surface area contributed by atoms with Gasteiger partial charge in [-0.3, -0.25) is 0 Å². The topological polar surface area (TPSA) is 57.0 Å². The summed E-state index contributed by atoms with van der Waals surface area (Å²) in [4.78, 5) is 0. The first kappa shape index (κ1) is 25.4. The van der Waals surface area contributed by atoms with Gasteiger partial charge in [-0.2, -0.15) is 6.42 Å². The maximum Gasteiger partial charge on any atom is 4.00 e. The van der Waals surface area contributed by atoms with Gasteiger partial charge in [0.2, 0.25) is 0 Å². The van der Waals surface area contributed by atoms with Gasteiger partial charge in [-0.05, 0) is 0 Å². The van der Waals surface area contributed by atoms with Crippen LogP contribution >= 0.6 is 0 Å². The first-order chi connectivity index (χ1) is 1.91. The molecule has 0 radical (unpaired) electrons. The second kappa shape index (κ2) is 30.3. The second-order valence-corrected chi connectivity index (χ2v) is 0.854. The van der Waals surface area contributed by atoms with E-state index in [1.807, 2.05) is 0 Å². The first-order valence-electron chi connectivity index (χ1n) is 1.71. The fraction of sp³-hybridized carbons (Fsp3) is 0.750. The number of unbranched alkanes of at least 4 members (excludes halogenated alkanes) is 1. The van der Waals surface area contributed by atoms with E-state index in [-0.39, 0.29) is 32.7 Å². The molecule has 0 rings (SSSR count). The molecular weight excluding hydrogens is 128 g/mol. The van der Waals surface area contributed by atoms with Crippen molar-refractivity contribution in [3.05, 3.63) is 6.92 Å². The van der Waals surface area contributed by atoms with Gasteiger partial charge in [0.05, 0.1) is 0 Å². The molecule has 0 fully saturated rings. The van der Waals surface area contributed by atoms with E-state index in [1.54, 1.807) is 0 Å². The van der Waals surface area contributed by atoms with Gasteiger partial charge in [0.1, 0.15) is 0 Å². The zero-order valence-electron chi connectivity index (χ0n) is 4.44. The van der Waals surface area contributed by atoms with Gasteiger partial charge in [-0.25, -0.2) is 0 Å². The van der Waals surface area contributed by atoms with E-state index in [9.17, 15) is 0 Å². The monoisotopic (exact) mass is 137 g/mol. The molecule has 0 spiro atoms. The van der Waals surface area contributed by atoms with Crippen LogP contribution in [0, 0.1) is 6.92 Å². The molecule has 0 aromatic rings. The Morgan fingerprint density at radius 3 is 1.43 bits per heavy atom. The summed E-state index contributed by atoms with van der Waals surface area (Å²) >= 11 is 0. The Morgan fingerprint density at radius 1 is 1.29 bits per heavy atom. The average molecular weight is 137 g/mol. The summed E-state index contributed by atoms with van der Waals surface area (Å²) in [5.41, 5.74) is 0. The molecule has 2 nitrogen and oxygen atoms in total. The molecule has 0 aliphatic heterocycles. The van der Waals surface area contributed by atoms with E-state index in [4.69, 9.17) is 0 Å². The van der Waals surface area contributed by atoms with Gasteiger partial charge >= 0.3 is 21.7 Å². The van der Waals surface area contributed by atoms with Gasteiger partial charge in [0, 0.05) is 0 Å². The summed E-state index contributed by atoms with van der Waals surface area (Å²) in [6.45, 7) is 5.72. The van der Waals surface area contributed by atoms with Crippen molar-refractivity contribution in [2.24, 2.45) is 0 Å². The van der Waals surface area contributed by atoms with E-state index in [1.165, 1.54) is 6.42 Å². The Bertz CT molecular complexity index is 11.7. The molecule has 0 saturated heterocycles. The summed E-state index contributed by atoms with van der Waals surface area (Å²) in [6.07, 6.45) is 2.28. The summed E-state index contributed by atoms with van der Waals surface area (Å²) in [7, 11) is 0. The van der Waals surface area contributed by atoms with E-state index in [0.717, 1.165) is 6.42 Å². The van der Waals surface area contributed by atoms with Crippen molar-refractivity contribution in [1.29, 1.82) is 0 Å². The number of hydrogen-bond donors (Lipinski definition) is 0. The van der Waals surface area contributed by atoms with Crippen LogP contribution < -0.4 is 0 Å². The zero-order chi connectivity index (χ0) is 3.41. The summed E-state index contributed by atoms with van der Waals surface area (Å²) < 4.78 is 0. The van der Waals surface area contributed by atoms with E-state index < -0.39 is 0 Å². The second-order valence-electron chi connectivity index (χ2n) is 0.854. The molecule has 42 valence electrons. The quantitative estimate of drug-likeness (QED) is 0.387. The Labute approximate surface area is 59.8 Å². The molecule has 0 N–H and O–H groups in total. The minimum atomic E-state index is 0.